The lowest BCUT2D eigenvalue weighted by atomic mass is 10.1. The van der Waals surface area contributed by atoms with Gasteiger partial charge in [-0.3, -0.25) is 0 Å². The van der Waals surface area contributed by atoms with Crippen LogP contribution in [0.3, 0.4) is 0 Å². The normalized spacial score (nSPS) is 20.7. The Kier molecular flexibility index (Phi) is 3.00. The topological polar surface area (TPSA) is 26.2 Å². The molecule has 2 aromatic rings. The Morgan fingerprint density at radius 3 is 2.90 bits per heavy atom. The van der Waals surface area contributed by atoms with E-state index >= 15 is 0 Å². The van der Waals surface area contributed by atoms with E-state index in [1.54, 1.807) is 0 Å². The Bertz CT molecular complexity index is 576. The number of hydrogen-bond acceptors (Lipinski definition) is 2. The molecule has 20 heavy (non-hydrogen) atoms. The fraction of sp³-hybridized carbons (Fsp3) is 0.412. The van der Waals surface area contributed by atoms with Crippen LogP contribution in [0.25, 0.3) is 0 Å². The first kappa shape index (κ1) is 12.0. The fourth-order valence-electron chi connectivity index (χ4n) is 2.90. The van der Waals surface area contributed by atoms with E-state index in [0.717, 1.165) is 31.3 Å². The molecule has 2 aliphatic rings. The minimum absolute atomic E-state index is 0.263. The second kappa shape index (κ2) is 4.98. The third-order valence-corrected chi connectivity index (χ3v) is 4.19. The summed E-state index contributed by atoms with van der Waals surface area (Å²) in [6.07, 6.45) is 6.11. The van der Waals surface area contributed by atoms with Crippen molar-refractivity contribution < 1.29 is 4.74 Å². The first-order chi connectivity index (χ1) is 9.88. The fourth-order valence-corrected chi connectivity index (χ4v) is 2.90. The van der Waals surface area contributed by atoms with Crippen LogP contribution in [0, 0.1) is 0 Å². The molecule has 3 heteroatoms. The zero-order valence-corrected chi connectivity index (χ0v) is 11.6. The van der Waals surface area contributed by atoms with E-state index in [-0.39, 0.29) is 6.10 Å². The predicted molar refractivity (Wildman–Crippen MR) is 78.9 cm³/mol. The Labute approximate surface area is 119 Å². The van der Waals surface area contributed by atoms with Crippen LogP contribution in [-0.4, -0.2) is 16.7 Å². The summed E-state index contributed by atoms with van der Waals surface area (Å²) >= 11 is 0. The monoisotopic (exact) mass is 268 g/mol. The molecule has 0 saturated heterocycles. The lowest BCUT2D eigenvalue weighted by Crippen LogP contribution is -2.24. The molecule has 1 saturated carbocycles. The van der Waals surface area contributed by atoms with Gasteiger partial charge in [0.25, 0.3) is 0 Å². The molecule has 3 nitrogen and oxygen atoms in total. The Morgan fingerprint density at radius 1 is 1.15 bits per heavy atom. The van der Waals surface area contributed by atoms with E-state index in [0.29, 0.717) is 0 Å². The van der Waals surface area contributed by atoms with Crippen LogP contribution < -0.4 is 10.1 Å². The predicted octanol–water partition coefficient (Wildman–Crippen LogP) is 2.74. The molecule has 2 heterocycles. The molecule has 0 spiro atoms. The third-order valence-electron chi connectivity index (χ3n) is 4.19. The second-order valence-electron chi connectivity index (χ2n) is 5.86. The van der Waals surface area contributed by atoms with Gasteiger partial charge < -0.3 is 14.6 Å². The number of nitrogens with one attached hydrogen (secondary N) is 1. The molecule has 1 aliphatic heterocycles. The molecule has 0 amide bonds. The molecule has 1 N–H and O–H groups in total. The van der Waals surface area contributed by atoms with Crippen molar-refractivity contribution in [1.82, 2.24) is 9.88 Å². The summed E-state index contributed by atoms with van der Waals surface area (Å²) in [7, 11) is 0. The SMILES string of the molecule is c1ccc2c(c1)CC(Cn1cccc1CNC1CC1)O2. The standard InChI is InChI=1S/C17H20N2O/c1-2-6-17-13(4-1)10-16(20-17)12-19-9-3-5-15(19)11-18-14-7-8-14/h1-6,9,14,16,18H,7-8,10-12H2. The van der Waals surface area contributed by atoms with Crippen molar-refractivity contribution >= 4 is 0 Å². The second-order valence-corrected chi connectivity index (χ2v) is 5.86. The summed E-state index contributed by atoms with van der Waals surface area (Å²) in [5.41, 5.74) is 2.69. The van der Waals surface area contributed by atoms with E-state index < -0.39 is 0 Å². The van der Waals surface area contributed by atoms with Gasteiger partial charge in [-0.15, -0.1) is 0 Å². The number of ether oxygens (including phenoxy) is 1. The number of para-hydroxylation sites is 1. The lowest BCUT2D eigenvalue weighted by Gasteiger charge is -2.15. The van der Waals surface area contributed by atoms with Crippen molar-refractivity contribution in [3.05, 3.63) is 53.9 Å². The van der Waals surface area contributed by atoms with Crippen LogP contribution in [0.15, 0.2) is 42.6 Å². The number of hydrogen-bond donors (Lipinski definition) is 1. The Morgan fingerprint density at radius 2 is 2.05 bits per heavy atom. The maximum absolute atomic E-state index is 6.03. The van der Waals surface area contributed by atoms with Gasteiger partial charge in [0.2, 0.25) is 0 Å². The van der Waals surface area contributed by atoms with Gasteiger partial charge in [0.1, 0.15) is 11.9 Å². The molecule has 1 fully saturated rings. The van der Waals surface area contributed by atoms with Crippen molar-refractivity contribution in [2.75, 3.05) is 0 Å². The number of benzene rings is 1. The van der Waals surface area contributed by atoms with E-state index in [2.05, 4.69) is 46.4 Å². The van der Waals surface area contributed by atoms with E-state index in [4.69, 9.17) is 4.74 Å². The number of aromatic nitrogens is 1. The first-order valence-electron chi connectivity index (χ1n) is 7.50. The summed E-state index contributed by atoms with van der Waals surface area (Å²) in [6.45, 7) is 1.90. The molecule has 104 valence electrons. The molecule has 1 atom stereocenters. The van der Waals surface area contributed by atoms with E-state index in [1.807, 2.05) is 6.07 Å². The van der Waals surface area contributed by atoms with Crippen molar-refractivity contribution in [2.24, 2.45) is 0 Å². The van der Waals surface area contributed by atoms with Crippen LogP contribution in [0.2, 0.25) is 0 Å². The van der Waals surface area contributed by atoms with E-state index in [9.17, 15) is 0 Å². The van der Waals surface area contributed by atoms with Crippen LogP contribution in [0.4, 0.5) is 0 Å². The molecule has 0 radical (unpaired) electrons. The van der Waals surface area contributed by atoms with Crippen LogP contribution in [0.5, 0.6) is 5.75 Å². The van der Waals surface area contributed by atoms with Gasteiger partial charge in [-0.05, 0) is 36.6 Å². The minimum Gasteiger partial charge on any atom is -0.488 e. The molecule has 1 unspecified atom stereocenters. The number of fused-ring (bicyclic) bond motifs is 1. The van der Waals surface area contributed by atoms with Gasteiger partial charge in [-0.2, -0.15) is 0 Å². The highest BCUT2D eigenvalue weighted by Crippen LogP contribution is 2.29. The average molecular weight is 268 g/mol. The van der Waals surface area contributed by atoms with Crippen LogP contribution in [-0.2, 0) is 19.5 Å². The summed E-state index contributed by atoms with van der Waals surface area (Å²) in [5.74, 6) is 1.06. The largest absolute Gasteiger partial charge is 0.488 e. The minimum atomic E-state index is 0.263. The maximum Gasteiger partial charge on any atom is 0.123 e. The van der Waals surface area contributed by atoms with E-state index in [1.165, 1.54) is 24.1 Å². The van der Waals surface area contributed by atoms with Gasteiger partial charge in [0.05, 0.1) is 6.54 Å². The Hall–Kier alpha value is -1.74. The van der Waals surface area contributed by atoms with Crippen LogP contribution >= 0.6 is 0 Å². The first-order valence-corrected chi connectivity index (χ1v) is 7.50. The van der Waals surface area contributed by atoms with Crippen molar-refractivity contribution in [1.29, 1.82) is 0 Å². The van der Waals surface area contributed by atoms with Gasteiger partial charge >= 0.3 is 0 Å². The summed E-state index contributed by atoms with van der Waals surface area (Å²) in [4.78, 5) is 0. The molecular weight excluding hydrogens is 248 g/mol. The van der Waals surface area contributed by atoms with Crippen molar-refractivity contribution in [3.8, 4) is 5.75 Å². The average Bonchev–Trinajstić information content (AvgIpc) is 3.04. The summed E-state index contributed by atoms with van der Waals surface area (Å²) < 4.78 is 8.36. The maximum atomic E-state index is 6.03. The zero-order valence-electron chi connectivity index (χ0n) is 11.6. The Balaban J connectivity index is 1.41. The van der Waals surface area contributed by atoms with Crippen molar-refractivity contribution in [2.45, 2.75) is 44.5 Å². The van der Waals surface area contributed by atoms with Crippen molar-refractivity contribution in [3.63, 3.8) is 0 Å². The molecule has 1 aromatic heterocycles. The molecule has 1 aromatic carbocycles. The number of nitrogens with zero attached hydrogens (tertiary/aromatic N) is 1. The summed E-state index contributed by atoms with van der Waals surface area (Å²) in [6, 6.07) is 13.5. The summed E-state index contributed by atoms with van der Waals surface area (Å²) in [5, 5.41) is 3.58. The lowest BCUT2D eigenvalue weighted by molar-refractivity contribution is 0.208. The quantitative estimate of drug-likeness (QED) is 0.902. The smallest absolute Gasteiger partial charge is 0.123 e. The highest BCUT2D eigenvalue weighted by molar-refractivity contribution is 5.37. The number of rotatable bonds is 5. The highest BCUT2D eigenvalue weighted by atomic mass is 16.5. The molecule has 1 aliphatic carbocycles. The van der Waals surface area contributed by atoms with Crippen LogP contribution in [0.1, 0.15) is 24.1 Å². The van der Waals surface area contributed by atoms with Gasteiger partial charge in [-0.1, -0.05) is 18.2 Å². The van der Waals surface area contributed by atoms with Gasteiger partial charge in [-0.25, -0.2) is 0 Å². The molecule has 0 bridgehead atoms. The molecule has 4 rings (SSSR count). The highest BCUT2D eigenvalue weighted by Gasteiger charge is 2.24. The van der Waals surface area contributed by atoms with Gasteiger partial charge in [0, 0.05) is 30.9 Å². The van der Waals surface area contributed by atoms with Gasteiger partial charge in [0.15, 0.2) is 0 Å². The third kappa shape index (κ3) is 2.46. The molecular formula is C17H20N2O. The zero-order chi connectivity index (χ0) is 13.4.